The summed E-state index contributed by atoms with van der Waals surface area (Å²) in [5, 5.41) is 16.8. The number of para-hydroxylation sites is 1. The lowest BCUT2D eigenvalue weighted by molar-refractivity contribution is -0.115. The molecular weight excluding hydrogens is 420 g/mol. The number of rotatable bonds is 6. The Bertz CT molecular complexity index is 1280. The molecule has 32 heavy (non-hydrogen) atoms. The Labute approximate surface area is 190 Å². The molecule has 158 valence electrons. The van der Waals surface area contributed by atoms with Crippen molar-refractivity contribution in [1.29, 1.82) is 5.26 Å². The lowest BCUT2D eigenvalue weighted by Gasteiger charge is -2.14. The van der Waals surface area contributed by atoms with Crippen LogP contribution >= 0.6 is 11.8 Å². The molecule has 2 aromatic heterocycles. The third-order valence-corrected chi connectivity index (χ3v) is 5.70. The average Bonchev–Trinajstić information content (AvgIpc) is 3.22. The molecule has 0 aliphatic rings. The Kier molecular flexibility index (Phi) is 6.29. The van der Waals surface area contributed by atoms with Crippen molar-refractivity contribution in [2.75, 3.05) is 5.32 Å². The van der Waals surface area contributed by atoms with E-state index >= 15 is 0 Å². The first-order chi connectivity index (χ1) is 15.5. The quantitative estimate of drug-likeness (QED) is 0.347. The molecule has 0 aliphatic carbocycles. The summed E-state index contributed by atoms with van der Waals surface area (Å²) in [6.07, 6.45) is 1.44. The van der Waals surface area contributed by atoms with Crippen molar-refractivity contribution in [3.05, 3.63) is 84.3 Å². The van der Waals surface area contributed by atoms with Crippen molar-refractivity contribution < 1.29 is 4.79 Å². The lowest BCUT2D eigenvalue weighted by atomic mass is 10.1. The number of thioether (sulfide) groups is 1. The molecule has 1 atom stereocenters. The number of hydrogen-bond donors (Lipinski definition) is 1. The molecule has 1 N–H and O–H groups in total. The summed E-state index contributed by atoms with van der Waals surface area (Å²) in [6, 6.07) is 23.2. The highest BCUT2D eigenvalue weighted by molar-refractivity contribution is 8.00. The van der Waals surface area contributed by atoms with Crippen LogP contribution in [0.1, 0.15) is 18.3 Å². The van der Waals surface area contributed by atoms with Crippen LogP contribution < -0.4 is 5.32 Å². The predicted octanol–water partition coefficient (Wildman–Crippen LogP) is 4.63. The molecule has 0 fully saturated rings. The number of benzene rings is 2. The van der Waals surface area contributed by atoms with Gasteiger partial charge in [0.2, 0.25) is 5.91 Å². The number of aryl methyl sites for hydroxylation is 1. The number of aromatic nitrogens is 4. The molecule has 0 bridgehead atoms. The topological polar surface area (TPSA) is 96.5 Å². The van der Waals surface area contributed by atoms with E-state index in [0.29, 0.717) is 22.2 Å². The van der Waals surface area contributed by atoms with Crippen molar-refractivity contribution in [2.24, 2.45) is 0 Å². The molecule has 4 rings (SSSR count). The normalized spacial score (nSPS) is 11.5. The van der Waals surface area contributed by atoms with Gasteiger partial charge in [-0.15, -0.1) is 0 Å². The molecular formula is C24H20N6OS. The van der Waals surface area contributed by atoms with Gasteiger partial charge in [0.25, 0.3) is 0 Å². The second-order valence-electron chi connectivity index (χ2n) is 7.02. The van der Waals surface area contributed by atoms with Crippen LogP contribution in [0.5, 0.6) is 0 Å². The molecule has 7 nitrogen and oxygen atoms in total. The number of hydrogen-bond acceptors (Lipinski definition) is 6. The van der Waals surface area contributed by atoms with Crippen molar-refractivity contribution in [2.45, 2.75) is 24.1 Å². The molecule has 2 aromatic carbocycles. The smallest absolute Gasteiger partial charge is 0.238 e. The summed E-state index contributed by atoms with van der Waals surface area (Å²) in [4.78, 5) is 22.0. The maximum atomic E-state index is 13.0. The molecule has 0 spiro atoms. The van der Waals surface area contributed by atoms with Gasteiger partial charge in [-0.25, -0.2) is 14.6 Å². The summed E-state index contributed by atoms with van der Waals surface area (Å²) in [6.45, 7) is 3.63. The summed E-state index contributed by atoms with van der Waals surface area (Å²) < 4.78 is 1.55. The molecule has 1 unspecified atom stereocenters. The van der Waals surface area contributed by atoms with E-state index in [1.807, 2.05) is 73.7 Å². The van der Waals surface area contributed by atoms with E-state index in [1.54, 1.807) is 11.6 Å². The van der Waals surface area contributed by atoms with E-state index in [0.717, 1.165) is 16.9 Å². The third-order valence-electron chi connectivity index (χ3n) is 4.68. The highest BCUT2D eigenvalue weighted by atomic mass is 32.2. The largest absolute Gasteiger partial charge is 0.309 e. The van der Waals surface area contributed by atoms with Crippen molar-refractivity contribution in [3.8, 4) is 23.0 Å². The summed E-state index contributed by atoms with van der Waals surface area (Å²) in [5.74, 6) is 0.733. The van der Waals surface area contributed by atoms with E-state index in [4.69, 9.17) is 0 Å². The molecule has 1 amide bonds. The summed E-state index contributed by atoms with van der Waals surface area (Å²) >= 11 is 1.34. The van der Waals surface area contributed by atoms with E-state index in [2.05, 4.69) is 26.5 Å². The summed E-state index contributed by atoms with van der Waals surface area (Å²) in [5.41, 5.74) is 2.84. The number of nitrogens with one attached hydrogen (secondary N) is 1. The fraction of sp³-hybridized carbons (Fsp3) is 0.125. The maximum Gasteiger partial charge on any atom is 0.238 e. The minimum Gasteiger partial charge on any atom is -0.309 e. The first-order valence-corrected chi connectivity index (χ1v) is 10.9. The molecule has 0 radical (unpaired) electrons. The van der Waals surface area contributed by atoms with Gasteiger partial charge in [0.1, 0.15) is 22.5 Å². The van der Waals surface area contributed by atoms with Gasteiger partial charge in [0, 0.05) is 5.56 Å². The van der Waals surface area contributed by atoms with Gasteiger partial charge in [-0.2, -0.15) is 10.4 Å². The molecule has 0 saturated carbocycles. The van der Waals surface area contributed by atoms with Gasteiger partial charge >= 0.3 is 0 Å². The zero-order valence-corrected chi connectivity index (χ0v) is 18.4. The minimum atomic E-state index is -0.460. The van der Waals surface area contributed by atoms with Gasteiger partial charge in [-0.1, -0.05) is 60.3 Å². The second-order valence-corrected chi connectivity index (χ2v) is 8.38. The highest BCUT2D eigenvalue weighted by Gasteiger charge is 2.21. The van der Waals surface area contributed by atoms with Crippen LogP contribution in [0.2, 0.25) is 0 Å². The zero-order chi connectivity index (χ0) is 22.5. The van der Waals surface area contributed by atoms with Crippen molar-refractivity contribution >= 4 is 23.5 Å². The van der Waals surface area contributed by atoms with E-state index in [9.17, 15) is 10.1 Å². The fourth-order valence-electron chi connectivity index (χ4n) is 3.13. The second kappa shape index (κ2) is 9.45. The first kappa shape index (κ1) is 21.3. The number of nitriles is 1. The Hall–Kier alpha value is -3.96. The Balaban J connectivity index is 1.55. The average molecular weight is 441 g/mol. The number of carbonyl (C=O) groups excluding carboxylic acids is 1. The van der Waals surface area contributed by atoms with Gasteiger partial charge in [0.05, 0.1) is 22.8 Å². The number of amides is 1. The molecule has 2 heterocycles. The van der Waals surface area contributed by atoms with E-state index < -0.39 is 5.25 Å². The predicted molar refractivity (Wildman–Crippen MR) is 124 cm³/mol. The van der Waals surface area contributed by atoms with Crippen LogP contribution in [0.3, 0.4) is 0 Å². The number of anilines is 1. The Morgan fingerprint density at radius 3 is 2.47 bits per heavy atom. The lowest BCUT2D eigenvalue weighted by Crippen LogP contribution is -2.24. The van der Waals surface area contributed by atoms with Crippen LogP contribution in [0, 0.1) is 18.3 Å². The van der Waals surface area contributed by atoms with Gasteiger partial charge in [-0.05, 0) is 32.0 Å². The molecule has 4 aromatic rings. The van der Waals surface area contributed by atoms with Crippen molar-refractivity contribution in [3.63, 3.8) is 0 Å². The van der Waals surface area contributed by atoms with Crippen LogP contribution in [0.25, 0.3) is 16.9 Å². The fourth-order valence-corrected chi connectivity index (χ4v) is 4.02. The van der Waals surface area contributed by atoms with Crippen LogP contribution in [-0.4, -0.2) is 30.9 Å². The third kappa shape index (κ3) is 4.68. The van der Waals surface area contributed by atoms with Crippen molar-refractivity contribution in [1.82, 2.24) is 19.7 Å². The van der Waals surface area contributed by atoms with Crippen LogP contribution in [-0.2, 0) is 4.79 Å². The van der Waals surface area contributed by atoms with Crippen LogP contribution in [0.15, 0.2) is 78.0 Å². The SMILES string of the molecule is Cc1nc(SC(C)C(=O)Nc2c(C#N)cnn2-c2ccccc2)cc(-c2ccccc2)n1. The van der Waals surface area contributed by atoms with E-state index in [1.165, 1.54) is 18.0 Å². The monoisotopic (exact) mass is 440 g/mol. The summed E-state index contributed by atoms with van der Waals surface area (Å²) in [7, 11) is 0. The number of nitrogens with zero attached hydrogens (tertiary/aromatic N) is 5. The first-order valence-electron chi connectivity index (χ1n) is 9.97. The van der Waals surface area contributed by atoms with Crippen LogP contribution in [0.4, 0.5) is 5.82 Å². The van der Waals surface area contributed by atoms with E-state index in [-0.39, 0.29) is 5.91 Å². The number of carbonyl (C=O) groups is 1. The highest BCUT2D eigenvalue weighted by Crippen LogP contribution is 2.27. The zero-order valence-electron chi connectivity index (χ0n) is 17.6. The van der Waals surface area contributed by atoms with Gasteiger partial charge in [0.15, 0.2) is 5.82 Å². The minimum absolute atomic E-state index is 0.248. The maximum absolute atomic E-state index is 13.0. The van der Waals surface area contributed by atoms with Gasteiger partial charge in [-0.3, -0.25) is 4.79 Å². The molecule has 8 heteroatoms. The molecule has 0 saturated heterocycles. The van der Waals surface area contributed by atoms with Gasteiger partial charge < -0.3 is 5.32 Å². The Morgan fingerprint density at radius 1 is 1.09 bits per heavy atom. The Morgan fingerprint density at radius 2 is 1.78 bits per heavy atom. The standard InChI is InChI=1S/C24H20N6OS/c1-16(32-22-13-21(27-17(2)28-22)18-9-5-3-6-10-18)24(31)29-23-19(14-25)15-26-30(23)20-11-7-4-8-12-20/h3-13,15-16H,1-2H3,(H,29,31). The molecule has 0 aliphatic heterocycles.